The van der Waals surface area contributed by atoms with Crippen LogP contribution in [0.1, 0.15) is 16.2 Å². The molecule has 0 aliphatic carbocycles. The molecule has 0 fully saturated rings. The fourth-order valence-electron chi connectivity index (χ4n) is 2.71. The molecule has 2 aromatic carbocycles. The summed E-state index contributed by atoms with van der Waals surface area (Å²) in [7, 11) is 0. The molecule has 128 valence electrons. The zero-order chi connectivity index (χ0) is 18.1. The maximum absolute atomic E-state index is 13.0. The molecule has 0 aliphatic rings. The van der Waals surface area contributed by atoms with Crippen LogP contribution < -0.4 is 5.32 Å². The van der Waals surface area contributed by atoms with Crippen molar-refractivity contribution in [2.75, 3.05) is 5.32 Å². The third-order valence-electron chi connectivity index (χ3n) is 4.02. The quantitative estimate of drug-likeness (QED) is 0.607. The Bertz CT molecular complexity index is 1100. The van der Waals surface area contributed by atoms with Gasteiger partial charge in [-0.15, -0.1) is 0 Å². The van der Waals surface area contributed by atoms with Crippen LogP contribution >= 0.6 is 0 Å². The SMILES string of the molecule is Cc1ccc2cccc(NC(=O)c3ccn(-c4ccc(F)cc4)n3)c2n1. The molecule has 0 atom stereocenters. The van der Waals surface area contributed by atoms with Crippen LogP contribution in [0, 0.1) is 12.7 Å². The van der Waals surface area contributed by atoms with E-state index in [0.29, 0.717) is 11.4 Å². The second-order valence-corrected chi connectivity index (χ2v) is 5.91. The summed E-state index contributed by atoms with van der Waals surface area (Å²) >= 11 is 0. The first kappa shape index (κ1) is 16.0. The number of carbonyl (C=O) groups is 1. The van der Waals surface area contributed by atoms with Gasteiger partial charge < -0.3 is 5.32 Å². The number of anilines is 1. The van der Waals surface area contributed by atoms with Gasteiger partial charge in [-0.3, -0.25) is 9.78 Å². The first-order valence-electron chi connectivity index (χ1n) is 8.09. The minimum atomic E-state index is -0.332. The molecular weight excluding hydrogens is 331 g/mol. The zero-order valence-electron chi connectivity index (χ0n) is 14.0. The average Bonchev–Trinajstić information content (AvgIpc) is 3.13. The summed E-state index contributed by atoms with van der Waals surface area (Å²) in [6.07, 6.45) is 1.66. The van der Waals surface area contributed by atoms with Crippen LogP contribution in [0.15, 0.2) is 66.9 Å². The van der Waals surface area contributed by atoms with E-state index in [9.17, 15) is 9.18 Å². The molecule has 0 spiro atoms. The van der Waals surface area contributed by atoms with Gasteiger partial charge in [-0.2, -0.15) is 5.10 Å². The summed E-state index contributed by atoms with van der Waals surface area (Å²) in [5, 5.41) is 8.08. The molecular formula is C20H15FN4O. The third kappa shape index (κ3) is 3.04. The number of aromatic nitrogens is 3. The molecule has 0 bridgehead atoms. The highest BCUT2D eigenvalue weighted by molar-refractivity contribution is 6.07. The van der Waals surface area contributed by atoms with Crippen molar-refractivity contribution in [3.05, 3.63) is 84.1 Å². The van der Waals surface area contributed by atoms with Crippen molar-refractivity contribution in [1.29, 1.82) is 0 Å². The van der Waals surface area contributed by atoms with E-state index in [0.717, 1.165) is 16.6 Å². The zero-order valence-corrected chi connectivity index (χ0v) is 14.0. The van der Waals surface area contributed by atoms with Crippen molar-refractivity contribution < 1.29 is 9.18 Å². The van der Waals surface area contributed by atoms with Crippen molar-refractivity contribution in [3.63, 3.8) is 0 Å². The van der Waals surface area contributed by atoms with Crippen molar-refractivity contribution in [3.8, 4) is 5.69 Å². The van der Waals surface area contributed by atoms with Gasteiger partial charge in [-0.05, 0) is 49.4 Å². The van der Waals surface area contributed by atoms with E-state index in [2.05, 4.69) is 15.4 Å². The van der Waals surface area contributed by atoms with E-state index in [-0.39, 0.29) is 17.4 Å². The van der Waals surface area contributed by atoms with Crippen LogP contribution in [0.2, 0.25) is 0 Å². The summed E-state index contributed by atoms with van der Waals surface area (Å²) in [6.45, 7) is 1.91. The summed E-state index contributed by atoms with van der Waals surface area (Å²) in [4.78, 5) is 17.1. The van der Waals surface area contributed by atoms with Crippen LogP contribution in [0.3, 0.4) is 0 Å². The van der Waals surface area contributed by atoms with Crippen LogP contribution in [-0.2, 0) is 0 Å². The fourth-order valence-corrected chi connectivity index (χ4v) is 2.71. The lowest BCUT2D eigenvalue weighted by atomic mass is 10.1. The minimum Gasteiger partial charge on any atom is -0.319 e. The predicted molar refractivity (Wildman–Crippen MR) is 98.0 cm³/mol. The first-order valence-corrected chi connectivity index (χ1v) is 8.09. The van der Waals surface area contributed by atoms with Gasteiger partial charge >= 0.3 is 0 Å². The van der Waals surface area contributed by atoms with Gasteiger partial charge in [0.1, 0.15) is 5.82 Å². The van der Waals surface area contributed by atoms with Gasteiger partial charge in [0.25, 0.3) is 5.91 Å². The summed E-state index contributed by atoms with van der Waals surface area (Å²) in [5.41, 5.74) is 3.18. The Labute approximate surface area is 149 Å². The predicted octanol–water partition coefficient (Wildman–Crippen LogP) is 4.12. The largest absolute Gasteiger partial charge is 0.319 e. The lowest BCUT2D eigenvalue weighted by Crippen LogP contribution is -2.13. The van der Waals surface area contributed by atoms with E-state index in [1.165, 1.54) is 16.8 Å². The number of para-hydroxylation sites is 1. The second-order valence-electron chi connectivity index (χ2n) is 5.91. The molecule has 4 rings (SSSR count). The Morgan fingerprint density at radius 2 is 1.85 bits per heavy atom. The summed E-state index contributed by atoms with van der Waals surface area (Å²) in [6, 6.07) is 17.0. The van der Waals surface area contributed by atoms with Gasteiger partial charge in [0.05, 0.1) is 16.9 Å². The number of nitrogens with one attached hydrogen (secondary N) is 1. The number of rotatable bonds is 3. The van der Waals surface area contributed by atoms with E-state index >= 15 is 0 Å². The van der Waals surface area contributed by atoms with E-state index in [1.807, 2.05) is 37.3 Å². The smallest absolute Gasteiger partial charge is 0.276 e. The lowest BCUT2D eigenvalue weighted by Gasteiger charge is -2.07. The number of pyridine rings is 1. The van der Waals surface area contributed by atoms with Crippen molar-refractivity contribution >= 4 is 22.5 Å². The van der Waals surface area contributed by atoms with Gasteiger partial charge in [0, 0.05) is 17.3 Å². The molecule has 0 radical (unpaired) electrons. The number of carbonyl (C=O) groups excluding carboxylic acids is 1. The molecule has 1 amide bonds. The standard InChI is InChI=1S/C20H15FN4O/c1-13-5-6-14-3-2-4-17(19(14)22-13)23-20(26)18-11-12-25(24-18)16-9-7-15(21)8-10-16/h2-12H,1H3,(H,23,26). The molecule has 5 nitrogen and oxygen atoms in total. The Hall–Kier alpha value is -3.54. The van der Waals surface area contributed by atoms with Gasteiger partial charge in [-0.25, -0.2) is 9.07 Å². The Morgan fingerprint density at radius 1 is 1.04 bits per heavy atom. The number of hydrogen-bond donors (Lipinski definition) is 1. The monoisotopic (exact) mass is 346 g/mol. The van der Waals surface area contributed by atoms with Crippen LogP contribution in [0.5, 0.6) is 0 Å². The molecule has 2 aromatic heterocycles. The lowest BCUT2D eigenvalue weighted by molar-refractivity contribution is 0.102. The minimum absolute atomic E-state index is 0.263. The van der Waals surface area contributed by atoms with Crippen LogP contribution in [-0.4, -0.2) is 20.7 Å². The molecule has 6 heteroatoms. The number of aryl methyl sites for hydroxylation is 1. The molecule has 1 N–H and O–H groups in total. The number of amides is 1. The van der Waals surface area contributed by atoms with Gasteiger partial charge in [-0.1, -0.05) is 18.2 Å². The van der Waals surface area contributed by atoms with Crippen LogP contribution in [0.25, 0.3) is 16.6 Å². The highest BCUT2D eigenvalue weighted by Crippen LogP contribution is 2.22. The third-order valence-corrected chi connectivity index (χ3v) is 4.02. The average molecular weight is 346 g/mol. The van der Waals surface area contributed by atoms with Gasteiger partial charge in [0.2, 0.25) is 0 Å². The van der Waals surface area contributed by atoms with Crippen molar-refractivity contribution in [2.45, 2.75) is 6.92 Å². The Balaban J connectivity index is 1.61. The second kappa shape index (κ2) is 6.40. The molecule has 0 saturated carbocycles. The van der Waals surface area contributed by atoms with Gasteiger partial charge in [0.15, 0.2) is 5.69 Å². The normalized spacial score (nSPS) is 10.8. The fraction of sp³-hybridized carbons (Fsp3) is 0.0500. The highest BCUT2D eigenvalue weighted by Gasteiger charge is 2.13. The van der Waals surface area contributed by atoms with E-state index < -0.39 is 0 Å². The van der Waals surface area contributed by atoms with E-state index in [1.54, 1.807) is 24.4 Å². The molecule has 0 aliphatic heterocycles. The van der Waals surface area contributed by atoms with Crippen molar-refractivity contribution in [2.24, 2.45) is 0 Å². The first-order chi connectivity index (χ1) is 12.6. The molecule has 4 aromatic rings. The Kier molecular flexibility index (Phi) is 3.93. The molecule has 0 saturated heterocycles. The Morgan fingerprint density at radius 3 is 2.65 bits per heavy atom. The highest BCUT2D eigenvalue weighted by atomic mass is 19.1. The number of nitrogens with zero attached hydrogens (tertiary/aromatic N) is 3. The number of halogens is 1. The number of fused-ring (bicyclic) bond motifs is 1. The van der Waals surface area contributed by atoms with E-state index in [4.69, 9.17) is 0 Å². The maximum Gasteiger partial charge on any atom is 0.276 e. The molecule has 26 heavy (non-hydrogen) atoms. The maximum atomic E-state index is 13.0. The summed E-state index contributed by atoms with van der Waals surface area (Å²) < 4.78 is 14.6. The molecule has 2 heterocycles. The number of benzene rings is 2. The van der Waals surface area contributed by atoms with Crippen molar-refractivity contribution in [1.82, 2.24) is 14.8 Å². The topological polar surface area (TPSA) is 59.8 Å². The molecule has 0 unspecified atom stereocenters. The van der Waals surface area contributed by atoms with Crippen LogP contribution in [0.4, 0.5) is 10.1 Å². The number of hydrogen-bond acceptors (Lipinski definition) is 3. The summed E-state index contributed by atoms with van der Waals surface area (Å²) in [5.74, 6) is -0.653.